The Labute approximate surface area is 117 Å². The molecule has 0 amide bonds. The van der Waals surface area contributed by atoms with E-state index < -0.39 is 0 Å². The number of allylic oxidation sites excluding steroid dienone is 8. The molecule has 0 saturated carbocycles. The largest absolute Gasteiger partial charge is 0.295 e. The first kappa shape index (κ1) is 15.7. The molecule has 0 heterocycles. The summed E-state index contributed by atoms with van der Waals surface area (Å²) < 4.78 is 0. The summed E-state index contributed by atoms with van der Waals surface area (Å²) in [6.07, 6.45) is 13.6. The Morgan fingerprint density at radius 3 is 2.47 bits per heavy atom. The number of hydrogen-bond acceptors (Lipinski definition) is 1. The summed E-state index contributed by atoms with van der Waals surface area (Å²) >= 11 is 0. The van der Waals surface area contributed by atoms with Crippen LogP contribution in [0.1, 0.15) is 53.9 Å². The van der Waals surface area contributed by atoms with Crippen molar-refractivity contribution in [2.75, 3.05) is 0 Å². The van der Waals surface area contributed by atoms with E-state index >= 15 is 0 Å². The van der Waals surface area contributed by atoms with Crippen LogP contribution in [0, 0.1) is 5.41 Å². The average molecular weight is 258 g/mol. The van der Waals surface area contributed by atoms with E-state index in [1.807, 2.05) is 12.2 Å². The molecule has 1 aliphatic carbocycles. The summed E-state index contributed by atoms with van der Waals surface area (Å²) in [4.78, 5) is 10.8. The molecule has 0 saturated heterocycles. The van der Waals surface area contributed by atoms with E-state index in [9.17, 15) is 4.79 Å². The highest BCUT2D eigenvalue weighted by Gasteiger charge is 2.26. The maximum Gasteiger partial charge on any atom is 0.152 e. The molecule has 1 rings (SSSR count). The average Bonchev–Trinajstić information content (AvgIpc) is 2.26. The lowest BCUT2D eigenvalue weighted by atomic mass is 9.72. The molecule has 0 aromatic carbocycles. The van der Waals surface area contributed by atoms with Crippen molar-refractivity contribution >= 4 is 5.78 Å². The van der Waals surface area contributed by atoms with Crippen LogP contribution in [0.5, 0.6) is 0 Å². The van der Waals surface area contributed by atoms with Crippen molar-refractivity contribution in [3.63, 3.8) is 0 Å². The van der Waals surface area contributed by atoms with Gasteiger partial charge in [0.15, 0.2) is 5.78 Å². The van der Waals surface area contributed by atoms with Gasteiger partial charge in [-0.3, -0.25) is 4.79 Å². The predicted octanol–water partition coefficient (Wildman–Crippen LogP) is 5.16. The number of carbonyl (C=O) groups is 1. The molecule has 1 heteroatoms. The molecule has 0 aromatic rings. The van der Waals surface area contributed by atoms with Crippen LogP contribution in [0.2, 0.25) is 0 Å². The van der Waals surface area contributed by atoms with Gasteiger partial charge in [0.2, 0.25) is 0 Å². The minimum absolute atomic E-state index is 0.0833. The zero-order valence-corrected chi connectivity index (χ0v) is 12.9. The quantitative estimate of drug-likeness (QED) is 0.503. The maximum absolute atomic E-state index is 10.8. The normalized spacial score (nSPS) is 20.6. The first-order chi connectivity index (χ1) is 8.83. The Bertz CT molecular complexity index is 456. The van der Waals surface area contributed by atoms with Gasteiger partial charge < -0.3 is 0 Å². The van der Waals surface area contributed by atoms with Crippen LogP contribution in [0.15, 0.2) is 47.1 Å². The fourth-order valence-corrected chi connectivity index (χ4v) is 2.62. The van der Waals surface area contributed by atoms with Gasteiger partial charge in [0.05, 0.1) is 0 Å². The fraction of sp³-hybridized carbons (Fsp3) is 0.500. The van der Waals surface area contributed by atoms with E-state index in [-0.39, 0.29) is 11.2 Å². The van der Waals surface area contributed by atoms with E-state index in [2.05, 4.69) is 39.8 Å². The molecular weight excluding hydrogens is 232 g/mol. The van der Waals surface area contributed by atoms with Crippen LogP contribution in [-0.4, -0.2) is 5.78 Å². The van der Waals surface area contributed by atoms with Crippen molar-refractivity contribution in [2.45, 2.75) is 53.9 Å². The van der Waals surface area contributed by atoms with Crippen molar-refractivity contribution in [1.82, 2.24) is 0 Å². The van der Waals surface area contributed by atoms with Gasteiger partial charge in [0.25, 0.3) is 0 Å². The van der Waals surface area contributed by atoms with Gasteiger partial charge in [0, 0.05) is 0 Å². The van der Waals surface area contributed by atoms with Gasteiger partial charge in [-0.25, -0.2) is 0 Å². The Hall–Kier alpha value is -1.37. The highest BCUT2D eigenvalue weighted by Crippen LogP contribution is 2.40. The molecular formula is C18H26O. The van der Waals surface area contributed by atoms with Crippen LogP contribution in [0.3, 0.4) is 0 Å². The first-order valence-electron chi connectivity index (χ1n) is 7.07. The monoisotopic (exact) mass is 258 g/mol. The van der Waals surface area contributed by atoms with Crippen LogP contribution < -0.4 is 0 Å². The van der Waals surface area contributed by atoms with Crippen LogP contribution >= 0.6 is 0 Å². The summed E-state index contributed by atoms with van der Waals surface area (Å²) in [7, 11) is 0. The molecule has 0 aliphatic heterocycles. The summed E-state index contributed by atoms with van der Waals surface area (Å²) in [6, 6.07) is 0. The molecule has 0 aromatic heterocycles. The van der Waals surface area contributed by atoms with E-state index in [1.165, 1.54) is 36.0 Å². The molecule has 0 unspecified atom stereocenters. The Kier molecular flexibility index (Phi) is 5.53. The number of rotatable bonds is 4. The van der Waals surface area contributed by atoms with Gasteiger partial charge in [-0.2, -0.15) is 0 Å². The molecule has 1 aliphatic rings. The van der Waals surface area contributed by atoms with Crippen molar-refractivity contribution in [2.24, 2.45) is 5.41 Å². The van der Waals surface area contributed by atoms with Gasteiger partial charge in [-0.05, 0) is 57.1 Å². The van der Waals surface area contributed by atoms with Crippen molar-refractivity contribution in [3.8, 4) is 0 Å². The standard InChI is InChI=1S/C18H26O/c1-14(8-6-10-16(3)19)11-12-17-15(2)9-7-13-18(17,4)5/h6,8,10-12H,7,9,13H2,1-5H3/b10-6+,12-11+,14-8+. The Morgan fingerprint density at radius 1 is 1.21 bits per heavy atom. The zero-order chi connectivity index (χ0) is 14.5. The molecule has 104 valence electrons. The summed E-state index contributed by atoms with van der Waals surface area (Å²) in [5, 5.41) is 0. The maximum atomic E-state index is 10.8. The number of ketones is 1. The highest BCUT2D eigenvalue weighted by molar-refractivity contribution is 5.87. The second-order valence-electron chi connectivity index (χ2n) is 6.15. The van der Waals surface area contributed by atoms with E-state index in [1.54, 1.807) is 13.0 Å². The second kappa shape index (κ2) is 6.70. The van der Waals surface area contributed by atoms with Crippen molar-refractivity contribution in [1.29, 1.82) is 0 Å². The minimum atomic E-state index is 0.0833. The molecule has 0 radical (unpaired) electrons. The van der Waals surface area contributed by atoms with Gasteiger partial charge in [0.1, 0.15) is 0 Å². The second-order valence-corrected chi connectivity index (χ2v) is 6.15. The third kappa shape index (κ3) is 5.02. The lowest BCUT2D eigenvalue weighted by molar-refractivity contribution is -0.112. The predicted molar refractivity (Wildman–Crippen MR) is 83.1 cm³/mol. The molecule has 0 atom stereocenters. The molecule has 0 fully saturated rings. The third-order valence-corrected chi connectivity index (χ3v) is 3.75. The van der Waals surface area contributed by atoms with Gasteiger partial charge in [-0.1, -0.05) is 49.3 Å². The summed E-state index contributed by atoms with van der Waals surface area (Å²) in [5.41, 5.74) is 4.44. The van der Waals surface area contributed by atoms with Gasteiger partial charge >= 0.3 is 0 Å². The van der Waals surface area contributed by atoms with Gasteiger partial charge in [-0.15, -0.1) is 0 Å². The van der Waals surface area contributed by atoms with E-state index in [4.69, 9.17) is 0 Å². The highest BCUT2D eigenvalue weighted by atomic mass is 16.1. The van der Waals surface area contributed by atoms with E-state index in [0.717, 1.165) is 0 Å². The summed E-state index contributed by atoms with van der Waals surface area (Å²) in [6.45, 7) is 10.5. The third-order valence-electron chi connectivity index (χ3n) is 3.75. The lowest BCUT2D eigenvalue weighted by Gasteiger charge is -2.32. The molecule has 19 heavy (non-hydrogen) atoms. The Morgan fingerprint density at radius 2 is 1.89 bits per heavy atom. The van der Waals surface area contributed by atoms with Crippen molar-refractivity contribution in [3.05, 3.63) is 47.1 Å². The molecule has 0 bridgehead atoms. The smallest absolute Gasteiger partial charge is 0.152 e. The molecule has 0 spiro atoms. The van der Waals surface area contributed by atoms with Crippen LogP contribution in [0.25, 0.3) is 0 Å². The SMILES string of the molecule is CC(=O)/C=C/C=C(C)/C=C/C1=C(C)CCCC1(C)C. The molecule has 1 nitrogen and oxygen atoms in total. The number of carbonyl (C=O) groups excluding carboxylic acids is 1. The van der Waals surface area contributed by atoms with Crippen LogP contribution in [-0.2, 0) is 4.79 Å². The number of hydrogen-bond donors (Lipinski definition) is 0. The fourth-order valence-electron chi connectivity index (χ4n) is 2.62. The Balaban J connectivity index is 2.83. The van der Waals surface area contributed by atoms with E-state index in [0.29, 0.717) is 0 Å². The lowest BCUT2D eigenvalue weighted by Crippen LogP contribution is -2.19. The topological polar surface area (TPSA) is 17.1 Å². The van der Waals surface area contributed by atoms with Crippen molar-refractivity contribution < 1.29 is 4.79 Å². The zero-order valence-electron chi connectivity index (χ0n) is 12.9. The summed E-state index contributed by atoms with van der Waals surface area (Å²) in [5.74, 6) is 0.0833. The minimum Gasteiger partial charge on any atom is -0.295 e. The molecule has 0 N–H and O–H groups in total. The van der Waals surface area contributed by atoms with Crippen LogP contribution in [0.4, 0.5) is 0 Å². The first-order valence-corrected chi connectivity index (χ1v) is 7.07.